The van der Waals surface area contributed by atoms with Crippen LogP contribution in [0.4, 0.5) is 0 Å². The van der Waals surface area contributed by atoms with E-state index in [9.17, 15) is 19.4 Å². The molecule has 0 aromatic heterocycles. The average molecular weight is 1290 g/mol. The molecule has 0 fully saturated rings. The quantitative estimate of drug-likeness (QED) is 0.0243. The van der Waals surface area contributed by atoms with Crippen LogP contribution < -0.4 is 5.32 Å². The van der Waals surface area contributed by atoms with Crippen LogP contribution >= 0.6 is 7.82 Å². The number of likely N-dealkylation sites (N-methyl/N-ethyl adjacent to an activating group) is 1. The molecule has 0 aromatic rings. The largest absolute Gasteiger partial charge is 0.472 e. The number of hydrogen-bond donors (Lipinski definition) is 3. The number of rotatable bonds is 76. The number of carbonyl (C=O) groups excluding carboxylic acids is 1. The van der Waals surface area contributed by atoms with Gasteiger partial charge in [0.2, 0.25) is 5.91 Å². The molecule has 3 atom stereocenters. The van der Waals surface area contributed by atoms with E-state index < -0.39 is 20.0 Å². The second-order valence-corrected chi connectivity index (χ2v) is 30.6. The molecule has 534 valence electrons. The predicted molar refractivity (Wildman–Crippen MR) is 397 cm³/mol. The first-order chi connectivity index (χ1) is 44.0. The third-order valence-electron chi connectivity index (χ3n) is 18.8. The number of hydrogen-bond acceptors (Lipinski definition) is 5. The van der Waals surface area contributed by atoms with E-state index >= 15 is 0 Å². The third kappa shape index (κ3) is 74.1. The summed E-state index contributed by atoms with van der Waals surface area (Å²) in [5, 5.41) is 14.0. The maximum Gasteiger partial charge on any atom is 0.472 e. The van der Waals surface area contributed by atoms with Gasteiger partial charge in [0.15, 0.2) is 0 Å². The second-order valence-electron chi connectivity index (χ2n) is 29.1. The minimum atomic E-state index is -4.37. The number of carbonyl (C=O) groups is 1. The van der Waals surface area contributed by atoms with E-state index in [-0.39, 0.29) is 19.1 Å². The summed E-state index contributed by atoms with van der Waals surface area (Å²) in [5.74, 6) is -0.182. The standard InChI is InChI=1S/C81H159N2O6P/c1-6-8-10-12-14-16-18-20-22-24-26-28-30-32-34-36-37-38-39-40-41-42-43-44-45-47-49-51-53-55-57-59-61-63-65-67-69-71-73-75-81(85)82-79(78-89-90(86,87)88-77-76-83(3,4)5)80(84)74-72-70-68-66-64-62-60-58-56-54-52-50-48-46-35-33-31-29-27-25-23-21-19-17-15-13-11-9-7-2/h56,58,64,66,72,74,79-80,84H,6-55,57,59-63,65,67-71,73,75-78H2,1-5H3,(H-,82,85,86,87)/p+1/b58-56+,66-64+,74-72+. The number of unbranched alkanes of at least 4 members (excludes halogenated alkanes) is 59. The summed E-state index contributed by atoms with van der Waals surface area (Å²) in [6, 6.07) is -0.870. The van der Waals surface area contributed by atoms with Crippen LogP contribution in [0.2, 0.25) is 0 Å². The van der Waals surface area contributed by atoms with Crippen LogP contribution in [0, 0.1) is 0 Å². The van der Waals surface area contributed by atoms with E-state index in [1.807, 2.05) is 27.2 Å². The molecule has 90 heavy (non-hydrogen) atoms. The Morgan fingerprint density at radius 2 is 0.611 bits per heavy atom. The van der Waals surface area contributed by atoms with Gasteiger partial charge in [-0.3, -0.25) is 13.8 Å². The highest BCUT2D eigenvalue weighted by Gasteiger charge is 2.28. The minimum absolute atomic E-state index is 0.0556. The lowest BCUT2D eigenvalue weighted by atomic mass is 10.0. The molecule has 0 aromatic carbocycles. The molecule has 0 bridgehead atoms. The van der Waals surface area contributed by atoms with Crippen molar-refractivity contribution in [3.05, 3.63) is 36.5 Å². The Morgan fingerprint density at radius 1 is 0.367 bits per heavy atom. The summed E-state index contributed by atoms with van der Waals surface area (Å²) in [4.78, 5) is 23.5. The molecule has 1 amide bonds. The molecule has 0 aliphatic rings. The molecule has 3 unspecified atom stereocenters. The lowest BCUT2D eigenvalue weighted by Crippen LogP contribution is -2.45. The molecule has 0 aliphatic heterocycles. The Morgan fingerprint density at radius 3 is 0.889 bits per heavy atom. The van der Waals surface area contributed by atoms with Gasteiger partial charge in [0.1, 0.15) is 13.2 Å². The summed E-state index contributed by atoms with van der Waals surface area (Å²) in [6.07, 6.45) is 97.9. The fourth-order valence-corrected chi connectivity index (χ4v) is 13.3. The number of nitrogens with zero attached hydrogens (tertiary/aromatic N) is 1. The normalized spacial score (nSPS) is 13.6. The van der Waals surface area contributed by atoms with Crippen molar-refractivity contribution in [1.29, 1.82) is 0 Å². The second kappa shape index (κ2) is 72.0. The molecule has 9 heteroatoms. The monoisotopic (exact) mass is 1290 g/mol. The average Bonchev–Trinajstić information content (AvgIpc) is 3.71. The minimum Gasteiger partial charge on any atom is -0.387 e. The number of aliphatic hydroxyl groups excluding tert-OH is 1. The molecule has 0 aliphatic carbocycles. The van der Waals surface area contributed by atoms with Gasteiger partial charge in [-0.25, -0.2) is 4.57 Å². The topological polar surface area (TPSA) is 105 Å². The molecular weight excluding hydrogens is 1130 g/mol. The number of allylic oxidation sites excluding steroid dienone is 5. The SMILES string of the molecule is CCCCCCCCCCCCCCCCCCCCC/C=C/CC/C=C/CC/C=C/C(O)C(COP(=O)(O)OCC[N+](C)(C)C)NC(=O)CCCCCCCCCCCCCCCCCCCCCCCCCCCCCCCCCCCCCCCCC. The highest BCUT2D eigenvalue weighted by atomic mass is 31.2. The van der Waals surface area contributed by atoms with Crippen molar-refractivity contribution in [3.63, 3.8) is 0 Å². The molecule has 0 spiro atoms. The predicted octanol–water partition coefficient (Wildman–Crippen LogP) is 26.3. The van der Waals surface area contributed by atoms with Gasteiger partial charge in [-0.05, 0) is 44.9 Å². The van der Waals surface area contributed by atoms with Crippen molar-refractivity contribution in [3.8, 4) is 0 Å². The number of amides is 1. The van der Waals surface area contributed by atoms with Gasteiger partial charge in [-0.15, -0.1) is 0 Å². The van der Waals surface area contributed by atoms with Crippen LogP contribution in [0.15, 0.2) is 36.5 Å². The summed E-state index contributed by atoms with van der Waals surface area (Å²) in [6.45, 7) is 4.86. The molecule has 0 radical (unpaired) electrons. The molecule has 0 saturated heterocycles. The van der Waals surface area contributed by atoms with Gasteiger partial charge in [0.05, 0.1) is 39.9 Å². The molecular formula is C81H160N2O6P+. The van der Waals surface area contributed by atoms with Crippen LogP contribution in [0.5, 0.6) is 0 Å². The van der Waals surface area contributed by atoms with Gasteiger partial charge in [0.25, 0.3) is 0 Å². The van der Waals surface area contributed by atoms with Gasteiger partial charge >= 0.3 is 7.82 Å². The van der Waals surface area contributed by atoms with Gasteiger partial charge < -0.3 is 19.8 Å². The van der Waals surface area contributed by atoms with E-state index in [4.69, 9.17) is 9.05 Å². The van der Waals surface area contributed by atoms with E-state index in [2.05, 4.69) is 43.5 Å². The zero-order chi connectivity index (χ0) is 65.5. The van der Waals surface area contributed by atoms with Gasteiger partial charge in [-0.1, -0.05) is 410 Å². The van der Waals surface area contributed by atoms with Crippen molar-refractivity contribution >= 4 is 13.7 Å². The number of phosphoric ester groups is 1. The van der Waals surface area contributed by atoms with Gasteiger partial charge in [0, 0.05) is 6.42 Å². The fraction of sp³-hybridized carbons (Fsp3) is 0.914. The first-order valence-electron chi connectivity index (χ1n) is 40.4. The Hall–Kier alpha value is -1.28. The Kier molecular flexibility index (Phi) is 71.0. The maximum atomic E-state index is 13.1. The smallest absolute Gasteiger partial charge is 0.387 e. The van der Waals surface area contributed by atoms with E-state index in [0.717, 1.165) is 44.9 Å². The molecule has 3 N–H and O–H groups in total. The first-order valence-corrected chi connectivity index (χ1v) is 41.9. The molecule has 0 heterocycles. The molecule has 0 rings (SSSR count). The Balaban J connectivity index is 3.96. The lowest BCUT2D eigenvalue weighted by molar-refractivity contribution is -0.870. The highest BCUT2D eigenvalue weighted by Crippen LogP contribution is 2.43. The molecule has 8 nitrogen and oxygen atoms in total. The van der Waals surface area contributed by atoms with Crippen LogP contribution in [0.3, 0.4) is 0 Å². The van der Waals surface area contributed by atoms with Crippen molar-refractivity contribution in [1.82, 2.24) is 5.32 Å². The summed E-state index contributed by atoms with van der Waals surface area (Å²) < 4.78 is 23.8. The first kappa shape index (κ1) is 88.7. The Bertz CT molecular complexity index is 1560. The van der Waals surface area contributed by atoms with Crippen LogP contribution in [0.1, 0.15) is 425 Å². The third-order valence-corrected chi connectivity index (χ3v) is 19.8. The van der Waals surface area contributed by atoms with Crippen molar-refractivity contribution in [2.45, 2.75) is 437 Å². The number of quaternary nitrogens is 1. The van der Waals surface area contributed by atoms with Crippen molar-refractivity contribution in [2.24, 2.45) is 0 Å². The van der Waals surface area contributed by atoms with E-state index in [1.54, 1.807) is 6.08 Å². The number of aliphatic hydroxyl groups is 1. The lowest BCUT2D eigenvalue weighted by Gasteiger charge is -2.25. The summed E-state index contributed by atoms with van der Waals surface area (Å²) >= 11 is 0. The highest BCUT2D eigenvalue weighted by molar-refractivity contribution is 7.47. The Labute approximate surface area is 563 Å². The van der Waals surface area contributed by atoms with Crippen LogP contribution in [-0.2, 0) is 18.4 Å². The zero-order valence-electron chi connectivity index (χ0n) is 61.4. The van der Waals surface area contributed by atoms with Crippen LogP contribution in [-0.4, -0.2) is 73.4 Å². The van der Waals surface area contributed by atoms with E-state index in [1.165, 1.54) is 360 Å². The fourth-order valence-electron chi connectivity index (χ4n) is 12.6. The van der Waals surface area contributed by atoms with Gasteiger partial charge in [-0.2, -0.15) is 0 Å². The van der Waals surface area contributed by atoms with Crippen LogP contribution in [0.25, 0.3) is 0 Å². The summed E-state index contributed by atoms with van der Waals surface area (Å²) in [7, 11) is 1.57. The van der Waals surface area contributed by atoms with Crippen molar-refractivity contribution < 1.29 is 32.9 Å². The van der Waals surface area contributed by atoms with E-state index in [0.29, 0.717) is 17.4 Å². The number of nitrogens with one attached hydrogen (secondary N) is 1. The summed E-state index contributed by atoms with van der Waals surface area (Å²) in [5.41, 5.74) is 0. The maximum absolute atomic E-state index is 13.1. The number of phosphoric acid groups is 1. The zero-order valence-corrected chi connectivity index (χ0v) is 62.3. The van der Waals surface area contributed by atoms with Crippen molar-refractivity contribution in [2.75, 3.05) is 40.9 Å². The molecule has 0 saturated carbocycles.